The predicted octanol–water partition coefficient (Wildman–Crippen LogP) is 0.278. The van der Waals surface area contributed by atoms with Crippen LogP contribution in [0.5, 0.6) is 0 Å². The maximum absolute atomic E-state index is 12.8. The second-order valence-corrected chi connectivity index (χ2v) is 6.11. The number of carbonyl (C=O) groups excluding carboxylic acids is 3. The standard InChI is InChI=1S/C17H15NO6/c1-23-16(22)9-2-4-10(5-3-9)18-14(20)12-11-6-7-17(8-19,24-11)13(12)15(18)21/h2-7,11-13,19H,8H2,1H3/t11-,12-,13+,17+/m0/s1. The van der Waals surface area contributed by atoms with Gasteiger partial charge in [-0.2, -0.15) is 0 Å². The number of ether oxygens (including phenoxy) is 2. The third-order valence-corrected chi connectivity index (χ3v) is 4.95. The number of imide groups is 1. The van der Waals surface area contributed by atoms with Crippen LogP contribution in [0.4, 0.5) is 5.69 Å². The van der Waals surface area contributed by atoms with E-state index in [1.807, 2.05) is 0 Å². The van der Waals surface area contributed by atoms with Gasteiger partial charge in [-0.3, -0.25) is 9.59 Å². The van der Waals surface area contributed by atoms with Crippen LogP contribution < -0.4 is 4.90 Å². The molecule has 2 fully saturated rings. The minimum atomic E-state index is -1.11. The van der Waals surface area contributed by atoms with Gasteiger partial charge in [0.25, 0.3) is 0 Å². The maximum Gasteiger partial charge on any atom is 0.337 e. The molecule has 0 unspecified atom stereocenters. The van der Waals surface area contributed by atoms with Crippen LogP contribution in [-0.4, -0.2) is 48.3 Å². The van der Waals surface area contributed by atoms with Crippen molar-refractivity contribution in [2.75, 3.05) is 18.6 Å². The quantitative estimate of drug-likeness (QED) is 0.486. The molecule has 2 amide bonds. The molecule has 4 rings (SSSR count). The number of amides is 2. The van der Waals surface area contributed by atoms with E-state index in [0.29, 0.717) is 11.3 Å². The topological polar surface area (TPSA) is 93.1 Å². The Bertz CT molecular complexity index is 770. The first-order chi connectivity index (χ1) is 11.5. The van der Waals surface area contributed by atoms with Crippen LogP contribution in [0.1, 0.15) is 10.4 Å². The van der Waals surface area contributed by atoms with Gasteiger partial charge in [-0.15, -0.1) is 0 Å². The molecule has 1 N–H and O–H groups in total. The number of fused-ring (bicyclic) bond motifs is 5. The fourth-order valence-electron chi connectivity index (χ4n) is 3.80. The minimum absolute atomic E-state index is 0.331. The van der Waals surface area contributed by atoms with E-state index in [1.54, 1.807) is 12.2 Å². The van der Waals surface area contributed by atoms with Crippen LogP contribution in [0.3, 0.4) is 0 Å². The maximum atomic E-state index is 12.8. The Morgan fingerprint density at radius 1 is 1.29 bits per heavy atom. The van der Waals surface area contributed by atoms with E-state index >= 15 is 0 Å². The Hall–Kier alpha value is -2.51. The third kappa shape index (κ3) is 1.76. The van der Waals surface area contributed by atoms with Gasteiger partial charge in [-0.05, 0) is 24.3 Å². The Morgan fingerprint density at radius 3 is 2.62 bits per heavy atom. The summed E-state index contributed by atoms with van der Waals surface area (Å²) in [5, 5.41) is 9.67. The molecular formula is C17H15NO6. The van der Waals surface area contributed by atoms with Crippen molar-refractivity contribution in [1.82, 2.24) is 0 Å². The second-order valence-electron chi connectivity index (χ2n) is 6.11. The van der Waals surface area contributed by atoms with Crippen LogP contribution in [-0.2, 0) is 19.1 Å². The van der Waals surface area contributed by atoms with E-state index in [0.717, 1.165) is 4.90 Å². The van der Waals surface area contributed by atoms with Crippen LogP contribution in [0.25, 0.3) is 0 Å². The number of aliphatic hydroxyl groups excluding tert-OH is 1. The van der Waals surface area contributed by atoms with E-state index in [-0.39, 0.29) is 12.5 Å². The summed E-state index contributed by atoms with van der Waals surface area (Å²) < 4.78 is 10.3. The van der Waals surface area contributed by atoms with Gasteiger partial charge in [0.05, 0.1) is 42.9 Å². The van der Waals surface area contributed by atoms with Gasteiger partial charge < -0.3 is 14.6 Å². The number of aliphatic hydroxyl groups is 1. The van der Waals surface area contributed by atoms with E-state index in [4.69, 9.17) is 4.74 Å². The molecule has 0 aliphatic carbocycles. The van der Waals surface area contributed by atoms with Crippen LogP contribution in [0.2, 0.25) is 0 Å². The molecule has 0 radical (unpaired) electrons. The summed E-state index contributed by atoms with van der Waals surface area (Å²) >= 11 is 0. The smallest absolute Gasteiger partial charge is 0.337 e. The lowest BCUT2D eigenvalue weighted by Crippen LogP contribution is -2.43. The number of nitrogens with zero attached hydrogens (tertiary/aromatic N) is 1. The summed E-state index contributed by atoms with van der Waals surface area (Å²) in [5.41, 5.74) is -0.389. The first-order valence-corrected chi connectivity index (χ1v) is 7.56. The lowest BCUT2D eigenvalue weighted by atomic mass is 9.77. The zero-order valence-corrected chi connectivity index (χ0v) is 12.8. The second kappa shape index (κ2) is 4.99. The molecule has 4 atom stereocenters. The Labute approximate surface area is 137 Å². The Kier molecular flexibility index (Phi) is 3.13. The van der Waals surface area contributed by atoms with Gasteiger partial charge in [-0.25, -0.2) is 9.69 Å². The molecule has 2 saturated heterocycles. The normalized spacial score (nSPS) is 33.2. The highest BCUT2D eigenvalue weighted by atomic mass is 16.5. The minimum Gasteiger partial charge on any atom is -0.465 e. The molecule has 24 heavy (non-hydrogen) atoms. The summed E-state index contributed by atoms with van der Waals surface area (Å²) in [6, 6.07) is 6.07. The Morgan fingerprint density at radius 2 is 2.00 bits per heavy atom. The average molecular weight is 329 g/mol. The number of hydrogen-bond donors (Lipinski definition) is 1. The van der Waals surface area contributed by atoms with Gasteiger partial charge >= 0.3 is 5.97 Å². The molecule has 7 heteroatoms. The highest BCUT2D eigenvalue weighted by molar-refractivity contribution is 6.23. The fraction of sp³-hybridized carbons (Fsp3) is 0.353. The summed E-state index contributed by atoms with van der Waals surface area (Å²) in [4.78, 5) is 38.2. The number of anilines is 1. The van der Waals surface area contributed by atoms with E-state index < -0.39 is 35.4 Å². The number of esters is 1. The van der Waals surface area contributed by atoms with Crippen molar-refractivity contribution < 1.29 is 29.0 Å². The van der Waals surface area contributed by atoms with Crippen molar-refractivity contribution in [3.05, 3.63) is 42.0 Å². The van der Waals surface area contributed by atoms with Crippen LogP contribution >= 0.6 is 0 Å². The molecule has 3 aliphatic rings. The van der Waals surface area contributed by atoms with Gasteiger partial charge in [0, 0.05) is 0 Å². The number of methoxy groups -OCH3 is 1. The monoisotopic (exact) mass is 329 g/mol. The lowest BCUT2D eigenvalue weighted by Gasteiger charge is -2.26. The molecule has 124 valence electrons. The zero-order chi connectivity index (χ0) is 17.1. The molecular weight excluding hydrogens is 314 g/mol. The van der Waals surface area contributed by atoms with Gasteiger partial charge in [0.1, 0.15) is 5.60 Å². The van der Waals surface area contributed by atoms with Crippen molar-refractivity contribution in [3.63, 3.8) is 0 Å². The van der Waals surface area contributed by atoms with E-state index in [1.165, 1.54) is 31.4 Å². The van der Waals surface area contributed by atoms with Crippen LogP contribution in [0, 0.1) is 11.8 Å². The fourth-order valence-corrected chi connectivity index (χ4v) is 3.80. The number of hydrogen-bond acceptors (Lipinski definition) is 6. The lowest BCUT2D eigenvalue weighted by molar-refractivity contribution is -0.128. The molecule has 7 nitrogen and oxygen atoms in total. The Balaban J connectivity index is 1.68. The van der Waals surface area contributed by atoms with Crippen molar-refractivity contribution in [2.45, 2.75) is 11.7 Å². The highest BCUT2D eigenvalue weighted by Crippen LogP contribution is 2.52. The molecule has 1 aromatic rings. The summed E-state index contributed by atoms with van der Waals surface area (Å²) in [6.07, 6.45) is 2.92. The third-order valence-electron chi connectivity index (χ3n) is 4.95. The molecule has 0 spiro atoms. The summed E-state index contributed by atoms with van der Waals surface area (Å²) in [5.74, 6) is -2.56. The van der Waals surface area contributed by atoms with Crippen molar-refractivity contribution in [2.24, 2.45) is 11.8 Å². The number of carbonyl (C=O) groups is 3. The molecule has 1 aromatic carbocycles. The molecule has 2 bridgehead atoms. The van der Waals surface area contributed by atoms with E-state index in [9.17, 15) is 19.5 Å². The predicted molar refractivity (Wildman–Crippen MR) is 81.1 cm³/mol. The molecule has 3 aliphatic heterocycles. The molecule has 3 heterocycles. The molecule has 0 aromatic heterocycles. The number of benzene rings is 1. The van der Waals surface area contributed by atoms with E-state index in [2.05, 4.69) is 4.74 Å². The molecule has 0 saturated carbocycles. The van der Waals surface area contributed by atoms with Gasteiger partial charge in [0.2, 0.25) is 11.8 Å². The van der Waals surface area contributed by atoms with Crippen molar-refractivity contribution >= 4 is 23.5 Å². The first-order valence-electron chi connectivity index (χ1n) is 7.56. The van der Waals surface area contributed by atoms with Gasteiger partial charge in [-0.1, -0.05) is 12.2 Å². The number of rotatable bonds is 3. The average Bonchev–Trinajstić information content (AvgIpc) is 3.25. The van der Waals surface area contributed by atoms with Crippen molar-refractivity contribution in [1.29, 1.82) is 0 Å². The SMILES string of the molecule is COC(=O)c1ccc(N2C(=O)[C@H]3[C@@H]4C=C[C@](CO)(O4)[C@H]3C2=O)cc1. The zero-order valence-electron chi connectivity index (χ0n) is 12.8. The highest BCUT2D eigenvalue weighted by Gasteiger charge is 2.67. The van der Waals surface area contributed by atoms with Crippen LogP contribution in [0.15, 0.2) is 36.4 Å². The first kappa shape index (κ1) is 15.0. The summed E-state index contributed by atoms with van der Waals surface area (Å²) in [6.45, 7) is -0.352. The summed E-state index contributed by atoms with van der Waals surface area (Å²) in [7, 11) is 1.28. The van der Waals surface area contributed by atoms with Gasteiger partial charge in [0.15, 0.2) is 0 Å². The largest absolute Gasteiger partial charge is 0.465 e. The van der Waals surface area contributed by atoms with Crippen molar-refractivity contribution in [3.8, 4) is 0 Å².